The van der Waals surface area contributed by atoms with Gasteiger partial charge in [0.05, 0.1) is 6.61 Å². The van der Waals surface area contributed by atoms with Gasteiger partial charge in [-0.25, -0.2) is 24.6 Å². The lowest BCUT2D eigenvalue weighted by atomic mass is 10.3. The van der Waals surface area contributed by atoms with Gasteiger partial charge < -0.3 is 14.5 Å². The quantitative estimate of drug-likeness (QED) is 0.386. The van der Waals surface area contributed by atoms with Crippen LogP contribution in [0.15, 0.2) is 30.7 Å². The van der Waals surface area contributed by atoms with E-state index < -0.39 is 0 Å². The monoisotopic (exact) mass is 398 g/mol. The van der Waals surface area contributed by atoms with Gasteiger partial charge in [0, 0.05) is 13.2 Å². The summed E-state index contributed by atoms with van der Waals surface area (Å²) < 4.78 is 14.3. The molecule has 0 amide bonds. The molecule has 10 nitrogen and oxygen atoms in total. The second kappa shape index (κ2) is 7.44. The molecule has 0 atom stereocenters. The first kappa shape index (κ1) is 18.2. The fourth-order valence-corrected chi connectivity index (χ4v) is 3.03. The number of hydrogen-bond donors (Lipinski definition) is 1. The Hall–Kier alpha value is -3.18. The lowest BCUT2D eigenvalue weighted by Crippen LogP contribution is -2.04. The van der Waals surface area contributed by atoms with Crippen LogP contribution in [0.4, 0.5) is 5.95 Å². The molecule has 0 aliphatic carbocycles. The number of pyridine rings is 2. The van der Waals surface area contributed by atoms with Crippen molar-refractivity contribution in [2.24, 2.45) is 7.05 Å². The van der Waals surface area contributed by atoms with Gasteiger partial charge >= 0.3 is 0 Å². The molecule has 0 radical (unpaired) electrons. The first-order valence-corrected chi connectivity index (χ1v) is 9.17. The van der Waals surface area contributed by atoms with Crippen LogP contribution in [0.1, 0.15) is 12.5 Å². The van der Waals surface area contributed by atoms with Crippen LogP contribution >= 0.6 is 12.3 Å². The maximum atomic E-state index is 5.69. The van der Waals surface area contributed by atoms with Crippen molar-refractivity contribution in [1.82, 2.24) is 34.3 Å². The molecule has 0 saturated heterocycles. The number of rotatable bonds is 6. The molecule has 0 aliphatic rings. The van der Waals surface area contributed by atoms with Gasteiger partial charge in [0.25, 0.3) is 0 Å². The van der Waals surface area contributed by atoms with E-state index in [1.165, 1.54) is 11.0 Å². The molecule has 2 N–H and O–H groups in total. The second-order valence-electron chi connectivity index (χ2n) is 5.97. The summed E-state index contributed by atoms with van der Waals surface area (Å²) in [5.74, 6) is 1.81. The van der Waals surface area contributed by atoms with Gasteiger partial charge in [0.2, 0.25) is 18.3 Å². The summed E-state index contributed by atoms with van der Waals surface area (Å²) in [6, 6.07) is 5.51. The van der Waals surface area contributed by atoms with Crippen LogP contribution in [0.2, 0.25) is 0 Å². The summed E-state index contributed by atoms with van der Waals surface area (Å²) in [7, 11) is 1.88. The number of imidazole rings is 1. The summed E-state index contributed by atoms with van der Waals surface area (Å²) in [4.78, 5) is 17.8. The number of nitrogens with two attached hydrogens (primary N) is 1. The molecule has 0 spiro atoms. The molecule has 4 heterocycles. The van der Waals surface area contributed by atoms with Crippen molar-refractivity contribution in [2.75, 3.05) is 12.3 Å². The van der Waals surface area contributed by atoms with E-state index in [1.54, 1.807) is 18.3 Å². The van der Waals surface area contributed by atoms with Crippen LogP contribution in [-0.2, 0) is 11.2 Å². The van der Waals surface area contributed by atoms with Crippen molar-refractivity contribution in [3.8, 4) is 23.1 Å². The highest BCUT2D eigenvalue weighted by Crippen LogP contribution is 2.32. The SMILES string of the molecule is CCOSOc1ccc(-n2cnc(N)n2)nc1-c1nc2cc(C)cnc2n1C. The molecule has 0 aliphatic heterocycles. The van der Waals surface area contributed by atoms with E-state index in [4.69, 9.17) is 19.1 Å². The van der Waals surface area contributed by atoms with E-state index in [-0.39, 0.29) is 5.95 Å². The number of aromatic nitrogens is 7. The Balaban J connectivity index is 1.85. The minimum Gasteiger partial charge on any atom is -0.398 e. The van der Waals surface area contributed by atoms with Crippen molar-refractivity contribution in [3.05, 3.63) is 36.3 Å². The Labute approximate surface area is 165 Å². The molecule has 0 unspecified atom stereocenters. The molecule has 0 aromatic carbocycles. The van der Waals surface area contributed by atoms with E-state index >= 15 is 0 Å². The summed E-state index contributed by atoms with van der Waals surface area (Å²) >= 11 is 0.889. The van der Waals surface area contributed by atoms with Crippen LogP contribution in [0.25, 0.3) is 28.5 Å². The van der Waals surface area contributed by atoms with E-state index in [1.807, 2.05) is 31.5 Å². The predicted octanol–water partition coefficient (Wildman–Crippen LogP) is 2.48. The summed E-state index contributed by atoms with van der Waals surface area (Å²) in [6.07, 6.45) is 3.30. The minimum absolute atomic E-state index is 0.165. The molecule has 144 valence electrons. The van der Waals surface area contributed by atoms with Crippen LogP contribution in [0.3, 0.4) is 0 Å². The van der Waals surface area contributed by atoms with Gasteiger partial charge in [-0.15, -0.1) is 5.10 Å². The van der Waals surface area contributed by atoms with Gasteiger partial charge in [-0.3, -0.25) is 4.18 Å². The number of nitrogens with zero attached hydrogens (tertiary/aromatic N) is 7. The van der Waals surface area contributed by atoms with E-state index in [2.05, 4.69) is 20.1 Å². The average molecular weight is 398 g/mol. The Morgan fingerprint density at radius 1 is 1.21 bits per heavy atom. The van der Waals surface area contributed by atoms with Crippen LogP contribution in [-0.4, -0.2) is 40.9 Å². The lowest BCUT2D eigenvalue weighted by Gasteiger charge is -2.10. The van der Waals surface area contributed by atoms with Crippen molar-refractivity contribution < 1.29 is 8.37 Å². The van der Waals surface area contributed by atoms with Crippen LogP contribution < -0.4 is 9.92 Å². The molecule has 0 saturated carbocycles. The Morgan fingerprint density at radius 2 is 2.07 bits per heavy atom. The van der Waals surface area contributed by atoms with Gasteiger partial charge in [-0.05, 0) is 37.6 Å². The highest BCUT2D eigenvalue weighted by Gasteiger charge is 2.19. The molecule has 11 heteroatoms. The van der Waals surface area contributed by atoms with Gasteiger partial charge in [-0.1, -0.05) is 0 Å². The molecule has 4 rings (SSSR count). The Kier molecular flexibility index (Phi) is 4.84. The van der Waals surface area contributed by atoms with Crippen molar-refractivity contribution >= 4 is 29.4 Å². The maximum Gasteiger partial charge on any atom is 0.239 e. The Bertz CT molecular complexity index is 1140. The summed E-state index contributed by atoms with van der Waals surface area (Å²) in [6.45, 7) is 4.37. The van der Waals surface area contributed by atoms with E-state index in [0.717, 1.165) is 29.1 Å². The predicted molar refractivity (Wildman–Crippen MR) is 106 cm³/mol. The number of nitrogen functional groups attached to an aromatic ring is 1. The zero-order chi connectivity index (χ0) is 19.7. The molecule has 0 bridgehead atoms. The first-order chi connectivity index (χ1) is 13.6. The molecule has 0 fully saturated rings. The highest BCUT2D eigenvalue weighted by atomic mass is 32.2. The van der Waals surface area contributed by atoms with Crippen LogP contribution in [0.5, 0.6) is 5.75 Å². The average Bonchev–Trinajstić information content (AvgIpc) is 3.25. The number of hydrogen-bond acceptors (Lipinski definition) is 9. The number of aryl methyl sites for hydroxylation is 2. The third-order valence-electron chi connectivity index (χ3n) is 3.94. The maximum absolute atomic E-state index is 5.69. The zero-order valence-electron chi connectivity index (χ0n) is 15.5. The van der Waals surface area contributed by atoms with Gasteiger partial charge in [-0.2, -0.15) is 0 Å². The second-order valence-corrected chi connectivity index (χ2v) is 6.51. The lowest BCUT2D eigenvalue weighted by molar-refractivity contribution is 0.369. The van der Waals surface area contributed by atoms with E-state index in [9.17, 15) is 0 Å². The highest BCUT2D eigenvalue weighted by molar-refractivity contribution is 7.90. The third-order valence-corrected chi connectivity index (χ3v) is 4.51. The Morgan fingerprint density at radius 3 is 2.82 bits per heavy atom. The van der Waals surface area contributed by atoms with E-state index in [0.29, 0.717) is 29.7 Å². The minimum atomic E-state index is 0.165. The molecular weight excluding hydrogens is 380 g/mol. The standard InChI is InChI=1S/C17H18N8O2S/c1-4-26-28-27-12-5-6-13(25-9-20-17(18)23-25)22-14(12)16-21-11-7-10(2)8-19-15(11)24(16)3/h5-9H,4H2,1-3H3,(H2,18,23). The molecule has 28 heavy (non-hydrogen) atoms. The first-order valence-electron chi connectivity index (χ1n) is 8.51. The van der Waals surface area contributed by atoms with Crippen molar-refractivity contribution in [2.45, 2.75) is 13.8 Å². The summed E-state index contributed by atoms with van der Waals surface area (Å²) in [5.41, 5.74) is 8.71. The largest absolute Gasteiger partial charge is 0.398 e. The molecule has 4 aromatic rings. The van der Waals surface area contributed by atoms with Crippen molar-refractivity contribution in [1.29, 1.82) is 0 Å². The van der Waals surface area contributed by atoms with Crippen molar-refractivity contribution in [3.63, 3.8) is 0 Å². The van der Waals surface area contributed by atoms with Crippen LogP contribution in [0, 0.1) is 6.92 Å². The van der Waals surface area contributed by atoms with Gasteiger partial charge in [0.1, 0.15) is 11.8 Å². The van der Waals surface area contributed by atoms with Gasteiger partial charge in [0.15, 0.2) is 28.7 Å². The fraction of sp³-hybridized carbons (Fsp3) is 0.235. The number of anilines is 1. The topological polar surface area (TPSA) is 119 Å². The fourth-order valence-electron chi connectivity index (χ4n) is 2.67. The number of fused-ring (bicyclic) bond motifs is 1. The molecular formula is C17H18N8O2S. The summed E-state index contributed by atoms with van der Waals surface area (Å²) in [5, 5.41) is 4.11. The zero-order valence-corrected chi connectivity index (χ0v) is 16.3. The third kappa shape index (κ3) is 3.37. The normalized spacial score (nSPS) is 11.2. The smallest absolute Gasteiger partial charge is 0.239 e. The molecule has 4 aromatic heterocycles.